The summed E-state index contributed by atoms with van der Waals surface area (Å²) in [6.45, 7) is 3.45. The molecule has 1 saturated heterocycles. The predicted molar refractivity (Wildman–Crippen MR) is 293 cm³/mol. The van der Waals surface area contributed by atoms with Crippen molar-refractivity contribution in [1.29, 1.82) is 0 Å². The summed E-state index contributed by atoms with van der Waals surface area (Å²) in [6.07, 6.45) is 49.3. The molecule has 0 aliphatic carbocycles. The Labute approximate surface area is 435 Å². The van der Waals surface area contributed by atoms with Crippen LogP contribution in [0, 0.1) is 0 Å². The first-order chi connectivity index (χ1) is 34.7. The van der Waals surface area contributed by atoms with Crippen LogP contribution in [-0.2, 0) is 14.3 Å². The van der Waals surface area contributed by atoms with Gasteiger partial charge in [0.25, 0.3) is 0 Å². The van der Waals surface area contributed by atoms with Crippen LogP contribution >= 0.6 is 0 Å². The molecule has 1 aliphatic heterocycles. The lowest BCUT2D eigenvalue weighted by Gasteiger charge is -2.40. The number of rotatable bonds is 51. The number of carbonyl (C=O) groups excluding carboxylic acids is 1. The minimum Gasteiger partial charge on any atom is -0.394 e. The van der Waals surface area contributed by atoms with E-state index in [4.69, 9.17) is 9.47 Å². The molecule has 9 unspecified atom stereocenters. The molecule has 0 radical (unpaired) electrons. The van der Waals surface area contributed by atoms with E-state index in [1.165, 1.54) is 173 Å². The van der Waals surface area contributed by atoms with E-state index in [0.29, 0.717) is 19.3 Å². The topological polar surface area (TPSA) is 189 Å². The minimum absolute atomic E-state index is 0.237. The first-order valence-corrected chi connectivity index (χ1v) is 29.9. The number of nitrogens with one attached hydrogen (secondary N) is 1. The van der Waals surface area contributed by atoms with Gasteiger partial charge >= 0.3 is 0 Å². The van der Waals surface area contributed by atoms with Crippen LogP contribution < -0.4 is 5.32 Å². The molecule has 9 atom stereocenters. The van der Waals surface area contributed by atoms with E-state index in [1.807, 2.05) is 0 Å². The highest BCUT2D eigenvalue weighted by Gasteiger charge is 2.44. The third-order valence-electron chi connectivity index (χ3n) is 14.4. The van der Waals surface area contributed by atoms with Crippen LogP contribution in [0.1, 0.15) is 271 Å². The maximum Gasteiger partial charge on any atom is 0.249 e. The summed E-state index contributed by atoms with van der Waals surface area (Å²) in [5, 5.41) is 76.1. The van der Waals surface area contributed by atoms with Crippen LogP contribution in [-0.4, -0.2) is 110 Å². The molecule has 11 heteroatoms. The van der Waals surface area contributed by atoms with Gasteiger partial charge in [0.05, 0.1) is 25.4 Å². The molecule has 1 amide bonds. The Balaban J connectivity index is 2.32. The van der Waals surface area contributed by atoms with Crippen molar-refractivity contribution in [3.63, 3.8) is 0 Å². The molecule has 8 N–H and O–H groups in total. The Kier molecular flexibility index (Phi) is 46.7. The first kappa shape index (κ1) is 67.3. The van der Waals surface area contributed by atoms with Crippen LogP contribution in [0.5, 0.6) is 0 Å². The SMILES string of the molecule is CCCCCCCCCCC/C=C\CCCCCCC(O)C(=O)NC(COC1OC(CO)C(O)C(O)C1O)C(O)C(O)CCC/C=C/CC/C=C/CCCCCCCCCCCCCCCCCCCC. The van der Waals surface area contributed by atoms with Gasteiger partial charge in [0, 0.05) is 0 Å². The highest BCUT2D eigenvalue weighted by atomic mass is 16.7. The van der Waals surface area contributed by atoms with Gasteiger partial charge < -0.3 is 50.5 Å². The maximum atomic E-state index is 13.2. The summed E-state index contributed by atoms with van der Waals surface area (Å²) in [7, 11) is 0. The number of allylic oxidation sites excluding steroid dienone is 6. The van der Waals surface area contributed by atoms with Crippen molar-refractivity contribution >= 4 is 5.91 Å². The summed E-state index contributed by atoms with van der Waals surface area (Å²) >= 11 is 0. The van der Waals surface area contributed by atoms with Gasteiger partial charge in [-0.25, -0.2) is 0 Å². The summed E-state index contributed by atoms with van der Waals surface area (Å²) in [5.74, 6) is -0.717. The number of unbranched alkanes of at least 4 members (excludes halogenated alkanes) is 33. The van der Waals surface area contributed by atoms with Crippen molar-refractivity contribution in [2.75, 3.05) is 13.2 Å². The van der Waals surface area contributed by atoms with Gasteiger partial charge in [0.2, 0.25) is 5.91 Å². The number of amides is 1. The Bertz CT molecular complexity index is 1250. The fourth-order valence-corrected chi connectivity index (χ4v) is 9.51. The Hall–Kier alpha value is -1.67. The molecule has 0 aromatic carbocycles. The molecule has 1 heterocycles. The Morgan fingerprint density at radius 2 is 0.845 bits per heavy atom. The maximum absolute atomic E-state index is 13.2. The van der Waals surface area contributed by atoms with Gasteiger partial charge in [0.15, 0.2) is 6.29 Å². The van der Waals surface area contributed by atoms with Gasteiger partial charge in [-0.3, -0.25) is 4.79 Å². The zero-order chi connectivity index (χ0) is 51.8. The molecule has 11 nitrogen and oxygen atoms in total. The molecular formula is C60H113NO10. The second-order valence-electron chi connectivity index (χ2n) is 21.0. The number of hydrogen-bond donors (Lipinski definition) is 8. The van der Waals surface area contributed by atoms with Gasteiger partial charge in [0.1, 0.15) is 36.6 Å². The van der Waals surface area contributed by atoms with Crippen LogP contribution in [0.15, 0.2) is 36.5 Å². The molecule has 0 aromatic heterocycles. The van der Waals surface area contributed by atoms with E-state index in [-0.39, 0.29) is 12.8 Å². The Morgan fingerprint density at radius 1 is 0.479 bits per heavy atom. The summed E-state index contributed by atoms with van der Waals surface area (Å²) < 4.78 is 11.1. The number of ether oxygens (including phenoxy) is 2. The van der Waals surface area contributed by atoms with E-state index in [9.17, 15) is 40.5 Å². The monoisotopic (exact) mass is 1010 g/mol. The Morgan fingerprint density at radius 3 is 1.25 bits per heavy atom. The van der Waals surface area contributed by atoms with Crippen molar-refractivity contribution in [1.82, 2.24) is 5.32 Å². The zero-order valence-corrected chi connectivity index (χ0v) is 45.7. The summed E-state index contributed by atoms with van der Waals surface area (Å²) in [4.78, 5) is 13.2. The van der Waals surface area contributed by atoms with Crippen LogP contribution in [0.3, 0.4) is 0 Å². The third-order valence-corrected chi connectivity index (χ3v) is 14.4. The average molecular weight is 1010 g/mol. The molecule has 1 aliphatic rings. The van der Waals surface area contributed by atoms with E-state index in [2.05, 4.69) is 55.6 Å². The van der Waals surface area contributed by atoms with E-state index in [0.717, 1.165) is 51.4 Å². The number of aliphatic hydroxyl groups excluding tert-OH is 7. The van der Waals surface area contributed by atoms with E-state index in [1.54, 1.807) is 0 Å². The van der Waals surface area contributed by atoms with Crippen molar-refractivity contribution in [2.45, 2.75) is 326 Å². The van der Waals surface area contributed by atoms with Crippen molar-refractivity contribution in [3.05, 3.63) is 36.5 Å². The van der Waals surface area contributed by atoms with Crippen LogP contribution in [0.25, 0.3) is 0 Å². The lowest BCUT2D eigenvalue weighted by Crippen LogP contribution is -2.60. The average Bonchev–Trinajstić information content (AvgIpc) is 3.37. The largest absolute Gasteiger partial charge is 0.394 e. The lowest BCUT2D eigenvalue weighted by atomic mass is 9.98. The normalized spacial score (nSPS) is 20.4. The lowest BCUT2D eigenvalue weighted by molar-refractivity contribution is -0.303. The van der Waals surface area contributed by atoms with Crippen molar-refractivity contribution < 1.29 is 50.0 Å². The molecule has 0 aromatic rings. The standard InChI is InChI=1S/C60H113NO10/c1-3-5-7-9-11-13-15-17-19-21-22-23-24-25-26-27-28-29-30-32-33-35-37-39-41-43-45-47-52(63)55(65)51(50-70-60-58(68)57(67)56(66)54(49-62)71-60)61-59(69)53(64)48-46-44-42-40-38-36-34-31-20-18-16-14-12-10-8-6-4-2/h32-34,36,39,41,51-58,60,62-68H,3-31,35,37-38,40,42-50H2,1-2H3,(H,61,69)/b33-32+,36-34-,41-39+. The first-order valence-electron chi connectivity index (χ1n) is 29.9. The molecule has 0 spiro atoms. The second-order valence-corrected chi connectivity index (χ2v) is 21.0. The van der Waals surface area contributed by atoms with E-state index < -0.39 is 74.2 Å². The van der Waals surface area contributed by atoms with Gasteiger partial charge in [-0.05, 0) is 77.0 Å². The molecule has 1 fully saturated rings. The fourth-order valence-electron chi connectivity index (χ4n) is 9.51. The highest BCUT2D eigenvalue weighted by Crippen LogP contribution is 2.23. The van der Waals surface area contributed by atoms with Crippen LogP contribution in [0.2, 0.25) is 0 Å². The highest BCUT2D eigenvalue weighted by molar-refractivity contribution is 5.80. The quantitative estimate of drug-likeness (QED) is 0.0215. The fraction of sp³-hybridized carbons (Fsp3) is 0.883. The molecule has 418 valence electrons. The van der Waals surface area contributed by atoms with Gasteiger partial charge in [-0.1, -0.05) is 230 Å². The van der Waals surface area contributed by atoms with Crippen molar-refractivity contribution in [2.24, 2.45) is 0 Å². The van der Waals surface area contributed by atoms with Gasteiger partial charge in [-0.15, -0.1) is 0 Å². The molecule has 1 rings (SSSR count). The van der Waals surface area contributed by atoms with Crippen LogP contribution in [0.4, 0.5) is 0 Å². The second kappa shape index (κ2) is 49.2. The summed E-state index contributed by atoms with van der Waals surface area (Å²) in [5.41, 5.74) is 0. The molecular weight excluding hydrogens is 895 g/mol. The smallest absolute Gasteiger partial charge is 0.249 e. The molecule has 71 heavy (non-hydrogen) atoms. The molecule has 0 saturated carbocycles. The third kappa shape index (κ3) is 37.7. The molecule has 0 bridgehead atoms. The van der Waals surface area contributed by atoms with Crippen molar-refractivity contribution in [3.8, 4) is 0 Å². The van der Waals surface area contributed by atoms with Gasteiger partial charge in [-0.2, -0.15) is 0 Å². The van der Waals surface area contributed by atoms with E-state index >= 15 is 0 Å². The number of aliphatic hydroxyl groups is 7. The summed E-state index contributed by atoms with van der Waals surface area (Å²) in [6, 6.07) is -1.20. The number of carbonyl (C=O) groups is 1. The zero-order valence-electron chi connectivity index (χ0n) is 45.7. The number of hydrogen-bond acceptors (Lipinski definition) is 10. The minimum atomic E-state index is -1.67. The predicted octanol–water partition coefficient (Wildman–Crippen LogP) is 12.7.